The van der Waals surface area contributed by atoms with E-state index in [1.807, 2.05) is 17.2 Å². The summed E-state index contributed by atoms with van der Waals surface area (Å²) in [4.78, 5) is 25.2. The lowest BCUT2D eigenvalue weighted by atomic mass is 9.87. The molecule has 7 nitrogen and oxygen atoms in total. The first-order valence-corrected chi connectivity index (χ1v) is 9.07. The Bertz CT molecular complexity index is 755. The van der Waals surface area contributed by atoms with Gasteiger partial charge in [0.2, 0.25) is 5.76 Å². The van der Waals surface area contributed by atoms with Crippen molar-refractivity contribution in [2.45, 2.75) is 38.0 Å². The maximum atomic E-state index is 12.6. The summed E-state index contributed by atoms with van der Waals surface area (Å²) in [6.45, 7) is 4.19. The van der Waals surface area contributed by atoms with Gasteiger partial charge in [0.1, 0.15) is 0 Å². The van der Waals surface area contributed by atoms with E-state index in [0.29, 0.717) is 17.5 Å². The summed E-state index contributed by atoms with van der Waals surface area (Å²) >= 11 is 0. The van der Waals surface area contributed by atoms with Crippen LogP contribution in [-0.2, 0) is 4.74 Å². The normalized spacial score (nSPS) is 24.5. The van der Waals surface area contributed by atoms with Gasteiger partial charge >= 0.3 is 0 Å². The molecule has 2 aliphatic heterocycles. The number of ether oxygens (including phenoxy) is 1. The Hall–Kier alpha value is -2.25. The Kier molecular flexibility index (Phi) is 4.74. The van der Waals surface area contributed by atoms with Gasteiger partial charge in [0.05, 0.1) is 17.8 Å². The molecule has 0 radical (unpaired) electrons. The Morgan fingerprint density at radius 2 is 2.15 bits per heavy atom. The van der Waals surface area contributed by atoms with E-state index >= 15 is 0 Å². The SMILES string of the molecule is CO[C@H]1CN(C2CCN(C(=O)c3ocnc3C)CC2)[C@H]1c1cccnc1. The van der Waals surface area contributed by atoms with E-state index in [1.54, 1.807) is 20.2 Å². The fourth-order valence-corrected chi connectivity index (χ4v) is 4.08. The largest absolute Gasteiger partial charge is 0.438 e. The Balaban J connectivity index is 1.40. The molecule has 0 unspecified atom stereocenters. The highest BCUT2D eigenvalue weighted by Gasteiger charge is 2.44. The highest BCUT2D eigenvalue weighted by atomic mass is 16.5. The minimum Gasteiger partial charge on any atom is -0.438 e. The molecule has 138 valence electrons. The molecule has 2 fully saturated rings. The van der Waals surface area contributed by atoms with E-state index < -0.39 is 0 Å². The second kappa shape index (κ2) is 7.17. The third kappa shape index (κ3) is 3.01. The molecule has 0 aromatic carbocycles. The minimum atomic E-state index is -0.0550. The number of carbonyl (C=O) groups excluding carboxylic acids is 1. The number of hydrogen-bond donors (Lipinski definition) is 0. The van der Waals surface area contributed by atoms with Crippen molar-refractivity contribution in [3.63, 3.8) is 0 Å². The molecule has 0 bridgehead atoms. The number of piperidine rings is 1. The predicted octanol–water partition coefficient (Wildman–Crippen LogP) is 2.05. The molecule has 7 heteroatoms. The summed E-state index contributed by atoms with van der Waals surface area (Å²) in [5.41, 5.74) is 1.85. The summed E-state index contributed by atoms with van der Waals surface area (Å²) in [6, 6.07) is 4.78. The zero-order chi connectivity index (χ0) is 18.1. The van der Waals surface area contributed by atoms with Gasteiger partial charge in [0.15, 0.2) is 6.39 Å². The number of oxazole rings is 1. The van der Waals surface area contributed by atoms with E-state index in [4.69, 9.17) is 9.15 Å². The molecule has 4 rings (SSSR count). The van der Waals surface area contributed by atoms with Gasteiger partial charge in [-0.2, -0.15) is 0 Å². The zero-order valence-corrected chi connectivity index (χ0v) is 15.2. The second-order valence-electron chi connectivity index (χ2n) is 6.99. The van der Waals surface area contributed by atoms with Crippen molar-refractivity contribution in [1.82, 2.24) is 19.8 Å². The van der Waals surface area contributed by atoms with Gasteiger partial charge in [-0.15, -0.1) is 0 Å². The molecule has 26 heavy (non-hydrogen) atoms. The number of methoxy groups -OCH3 is 1. The lowest BCUT2D eigenvalue weighted by Crippen LogP contribution is -2.60. The van der Waals surface area contributed by atoms with Crippen molar-refractivity contribution in [3.05, 3.63) is 47.9 Å². The van der Waals surface area contributed by atoms with E-state index in [0.717, 1.165) is 32.5 Å². The van der Waals surface area contributed by atoms with E-state index in [1.165, 1.54) is 12.0 Å². The van der Waals surface area contributed by atoms with Crippen molar-refractivity contribution in [2.24, 2.45) is 0 Å². The fraction of sp³-hybridized carbons (Fsp3) is 0.526. The first-order chi connectivity index (χ1) is 12.7. The Labute approximate surface area is 153 Å². The fourth-order valence-electron chi connectivity index (χ4n) is 4.08. The van der Waals surface area contributed by atoms with Gasteiger partial charge in [-0.3, -0.25) is 14.7 Å². The maximum absolute atomic E-state index is 12.6. The standard InChI is InChI=1S/C19H24N4O3/c1-13-18(26-12-21-13)19(24)22-8-5-15(6-9-22)23-11-16(25-2)17(23)14-4-3-7-20-10-14/h3-4,7,10,12,15-17H,5-6,8-9,11H2,1-2H3/t16-,17-/m0/s1. The zero-order valence-electron chi connectivity index (χ0n) is 15.2. The lowest BCUT2D eigenvalue weighted by Gasteiger charge is -2.52. The minimum absolute atomic E-state index is 0.0550. The molecule has 2 aromatic heterocycles. The summed E-state index contributed by atoms with van der Waals surface area (Å²) < 4.78 is 10.9. The van der Waals surface area contributed by atoms with Crippen LogP contribution in [-0.4, -0.2) is 64.6 Å². The van der Waals surface area contributed by atoms with Gasteiger partial charge < -0.3 is 14.1 Å². The van der Waals surface area contributed by atoms with Crippen LogP contribution >= 0.6 is 0 Å². The van der Waals surface area contributed by atoms with Crippen LogP contribution in [0.25, 0.3) is 0 Å². The average molecular weight is 356 g/mol. The number of pyridine rings is 1. The Morgan fingerprint density at radius 1 is 1.35 bits per heavy atom. The summed E-state index contributed by atoms with van der Waals surface area (Å²) in [5.74, 6) is 0.306. The molecule has 2 saturated heterocycles. The molecule has 4 heterocycles. The summed E-state index contributed by atoms with van der Waals surface area (Å²) in [5, 5.41) is 0. The van der Waals surface area contributed by atoms with Crippen molar-refractivity contribution in [1.29, 1.82) is 0 Å². The molecule has 0 aliphatic carbocycles. The second-order valence-corrected chi connectivity index (χ2v) is 6.99. The van der Waals surface area contributed by atoms with E-state index in [9.17, 15) is 4.79 Å². The van der Waals surface area contributed by atoms with Gasteiger partial charge in [0, 0.05) is 45.2 Å². The van der Waals surface area contributed by atoms with E-state index in [-0.39, 0.29) is 18.1 Å². The molecule has 1 amide bonds. The topological polar surface area (TPSA) is 71.7 Å². The smallest absolute Gasteiger partial charge is 0.291 e. The van der Waals surface area contributed by atoms with Crippen LogP contribution < -0.4 is 0 Å². The van der Waals surface area contributed by atoms with Crippen LogP contribution in [0.2, 0.25) is 0 Å². The molecule has 2 atom stereocenters. The van der Waals surface area contributed by atoms with Crippen LogP contribution in [0.4, 0.5) is 0 Å². The predicted molar refractivity (Wildman–Crippen MR) is 94.6 cm³/mol. The van der Waals surface area contributed by atoms with E-state index in [2.05, 4.69) is 20.9 Å². The monoisotopic (exact) mass is 356 g/mol. The highest BCUT2D eigenvalue weighted by Crippen LogP contribution is 2.39. The molecular weight excluding hydrogens is 332 g/mol. The number of nitrogens with zero attached hydrogens (tertiary/aromatic N) is 4. The summed E-state index contributed by atoms with van der Waals surface area (Å²) in [6.07, 6.45) is 7.16. The van der Waals surface area contributed by atoms with Crippen molar-refractivity contribution in [3.8, 4) is 0 Å². The number of amides is 1. The van der Waals surface area contributed by atoms with Gasteiger partial charge in [-0.1, -0.05) is 6.07 Å². The number of rotatable bonds is 4. The molecule has 2 aromatic rings. The van der Waals surface area contributed by atoms with Gasteiger partial charge in [0.25, 0.3) is 5.91 Å². The van der Waals surface area contributed by atoms with Crippen LogP contribution in [0.15, 0.2) is 35.3 Å². The number of aryl methyl sites for hydroxylation is 1. The first kappa shape index (κ1) is 17.2. The van der Waals surface area contributed by atoms with Crippen molar-refractivity contribution < 1.29 is 13.9 Å². The highest BCUT2D eigenvalue weighted by molar-refractivity contribution is 5.92. The number of carbonyl (C=O) groups is 1. The van der Waals surface area contributed by atoms with Gasteiger partial charge in [-0.25, -0.2) is 4.98 Å². The molecule has 0 saturated carbocycles. The third-order valence-electron chi connectivity index (χ3n) is 5.59. The number of hydrogen-bond acceptors (Lipinski definition) is 6. The molecule has 0 spiro atoms. The third-order valence-corrected chi connectivity index (χ3v) is 5.59. The number of aromatic nitrogens is 2. The lowest BCUT2D eigenvalue weighted by molar-refractivity contribution is -0.115. The maximum Gasteiger partial charge on any atom is 0.291 e. The average Bonchev–Trinajstić information content (AvgIpc) is 3.08. The van der Waals surface area contributed by atoms with Crippen molar-refractivity contribution in [2.75, 3.05) is 26.7 Å². The quantitative estimate of drug-likeness (QED) is 0.835. The first-order valence-electron chi connectivity index (χ1n) is 9.07. The van der Waals surface area contributed by atoms with Crippen LogP contribution in [0.5, 0.6) is 0 Å². The van der Waals surface area contributed by atoms with Crippen LogP contribution in [0.1, 0.15) is 40.7 Å². The Morgan fingerprint density at radius 3 is 2.77 bits per heavy atom. The molecular formula is C19H24N4O3. The summed E-state index contributed by atoms with van der Waals surface area (Å²) in [7, 11) is 1.77. The van der Waals surface area contributed by atoms with Crippen LogP contribution in [0, 0.1) is 6.92 Å². The molecule has 0 N–H and O–H groups in total. The van der Waals surface area contributed by atoms with Gasteiger partial charge in [-0.05, 0) is 31.4 Å². The van der Waals surface area contributed by atoms with Crippen molar-refractivity contribution >= 4 is 5.91 Å². The van der Waals surface area contributed by atoms with Crippen LogP contribution in [0.3, 0.4) is 0 Å². The molecule has 2 aliphatic rings. The number of likely N-dealkylation sites (tertiary alicyclic amines) is 2.